The molecule has 0 aliphatic heterocycles. The molecule has 1 aromatic rings. The van der Waals surface area contributed by atoms with Gasteiger partial charge >= 0.3 is 0 Å². The summed E-state index contributed by atoms with van der Waals surface area (Å²) in [5.41, 5.74) is 0.326. The van der Waals surface area contributed by atoms with Crippen molar-refractivity contribution < 1.29 is 9.13 Å². The highest BCUT2D eigenvalue weighted by molar-refractivity contribution is 6.30. The first-order valence-electron chi connectivity index (χ1n) is 6.18. The molecule has 0 aromatic heterocycles. The summed E-state index contributed by atoms with van der Waals surface area (Å²) in [4.78, 5) is 0. The van der Waals surface area contributed by atoms with Crippen LogP contribution in [0.4, 0.5) is 4.39 Å². The van der Waals surface area contributed by atoms with Gasteiger partial charge in [-0.1, -0.05) is 38.4 Å². The molecule has 0 amide bonds. The zero-order chi connectivity index (χ0) is 13.6. The third-order valence-corrected chi connectivity index (χ3v) is 2.80. The van der Waals surface area contributed by atoms with Crippen LogP contribution in [-0.2, 0) is 0 Å². The van der Waals surface area contributed by atoms with Crippen molar-refractivity contribution in [2.45, 2.75) is 27.2 Å². The Morgan fingerprint density at radius 3 is 2.67 bits per heavy atom. The zero-order valence-electron chi connectivity index (χ0n) is 11.2. The van der Waals surface area contributed by atoms with Crippen molar-refractivity contribution in [1.82, 2.24) is 5.32 Å². The Kier molecular flexibility index (Phi) is 5.89. The van der Waals surface area contributed by atoms with E-state index in [2.05, 4.69) is 26.1 Å². The normalized spacial score (nSPS) is 11.6. The maximum Gasteiger partial charge on any atom is 0.183 e. The highest BCUT2D eigenvalue weighted by Gasteiger charge is 2.09. The molecule has 0 saturated carbocycles. The van der Waals surface area contributed by atoms with E-state index in [1.807, 2.05) is 0 Å². The van der Waals surface area contributed by atoms with Crippen LogP contribution in [0, 0.1) is 11.2 Å². The van der Waals surface area contributed by atoms with Gasteiger partial charge in [0.15, 0.2) is 11.6 Å². The van der Waals surface area contributed by atoms with Gasteiger partial charge in [-0.25, -0.2) is 4.39 Å². The highest BCUT2D eigenvalue weighted by atomic mass is 35.5. The van der Waals surface area contributed by atoms with E-state index in [0.29, 0.717) is 18.6 Å². The first-order chi connectivity index (χ1) is 8.40. The lowest BCUT2D eigenvalue weighted by atomic mass is 9.92. The third-order valence-electron chi connectivity index (χ3n) is 2.50. The van der Waals surface area contributed by atoms with E-state index in [1.54, 1.807) is 12.1 Å². The Hall–Kier alpha value is -0.800. The Morgan fingerprint density at radius 2 is 2.00 bits per heavy atom. The number of halogens is 2. The first kappa shape index (κ1) is 15.3. The molecule has 0 heterocycles. The van der Waals surface area contributed by atoms with Crippen LogP contribution in [-0.4, -0.2) is 19.7 Å². The molecular formula is C14H21ClFNO. The van der Waals surface area contributed by atoms with Gasteiger partial charge in [0.25, 0.3) is 0 Å². The molecular weight excluding hydrogens is 253 g/mol. The fourth-order valence-electron chi connectivity index (χ4n) is 1.42. The van der Waals surface area contributed by atoms with Crippen molar-refractivity contribution in [2.75, 3.05) is 19.7 Å². The molecule has 0 saturated heterocycles. The van der Waals surface area contributed by atoms with E-state index < -0.39 is 5.82 Å². The van der Waals surface area contributed by atoms with Crippen LogP contribution in [0.5, 0.6) is 5.75 Å². The third kappa shape index (κ3) is 5.69. The van der Waals surface area contributed by atoms with Crippen LogP contribution >= 0.6 is 11.6 Å². The molecule has 0 spiro atoms. The summed E-state index contributed by atoms with van der Waals surface area (Å²) >= 11 is 5.66. The van der Waals surface area contributed by atoms with Crippen LogP contribution in [0.15, 0.2) is 18.2 Å². The molecule has 0 aliphatic carbocycles. The van der Waals surface area contributed by atoms with Gasteiger partial charge in [-0.15, -0.1) is 0 Å². The molecule has 102 valence electrons. The lowest BCUT2D eigenvalue weighted by molar-refractivity contribution is 0.292. The van der Waals surface area contributed by atoms with Crippen molar-refractivity contribution in [3.8, 4) is 5.75 Å². The van der Waals surface area contributed by atoms with E-state index in [9.17, 15) is 4.39 Å². The van der Waals surface area contributed by atoms with Crippen molar-refractivity contribution >= 4 is 11.6 Å². The van der Waals surface area contributed by atoms with Crippen molar-refractivity contribution in [3.05, 3.63) is 29.0 Å². The van der Waals surface area contributed by atoms with Gasteiger partial charge in [-0.2, -0.15) is 0 Å². The number of hydrogen-bond acceptors (Lipinski definition) is 2. The van der Waals surface area contributed by atoms with E-state index >= 15 is 0 Å². The van der Waals surface area contributed by atoms with Gasteiger partial charge in [0.05, 0.1) is 5.02 Å². The fraction of sp³-hybridized carbons (Fsp3) is 0.571. The van der Waals surface area contributed by atoms with Gasteiger partial charge in [0, 0.05) is 6.54 Å². The van der Waals surface area contributed by atoms with Gasteiger partial charge in [0.2, 0.25) is 0 Å². The molecule has 2 nitrogen and oxygen atoms in total. The molecule has 4 heteroatoms. The van der Waals surface area contributed by atoms with Crippen LogP contribution in [0.1, 0.15) is 27.2 Å². The number of ether oxygens (including phenoxy) is 1. The summed E-state index contributed by atoms with van der Waals surface area (Å²) in [5, 5.41) is 3.36. The second kappa shape index (κ2) is 6.95. The SMILES string of the molecule is CC(C)(C)CCNCCOc1cccc(Cl)c1F. The summed E-state index contributed by atoms with van der Waals surface area (Å²) in [5.74, 6) is -0.283. The number of hydrogen-bond donors (Lipinski definition) is 1. The van der Waals surface area contributed by atoms with Gasteiger partial charge in [0.1, 0.15) is 6.61 Å². The monoisotopic (exact) mass is 273 g/mol. The minimum Gasteiger partial charge on any atom is -0.489 e. The lowest BCUT2D eigenvalue weighted by Crippen LogP contribution is -2.25. The molecule has 0 radical (unpaired) electrons. The van der Waals surface area contributed by atoms with Crippen molar-refractivity contribution in [2.24, 2.45) is 5.41 Å². The van der Waals surface area contributed by atoms with Gasteiger partial charge in [-0.3, -0.25) is 0 Å². The smallest absolute Gasteiger partial charge is 0.183 e. The van der Waals surface area contributed by atoms with E-state index in [4.69, 9.17) is 16.3 Å². The zero-order valence-corrected chi connectivity index (χ0v) is 12.0. The number of nitrogens with one attached hydrogen (secondary N) is 1. The lowest BCUT2D eigenvalue weighted by Gasteiger charge is -2.18. The van der Waals surface area contributed by atoms with Crippen LogP contribution in [0.2, 0.25) is 5.02 Å². The molecule has 0 unspecified atom stereocenters. The second-order valence-electron chi connectivity index (χ2n) is 5.46. The molecule has 0 bridgehead atoms. The molecule has 18 heavy (non-hydrogen) atoms. The Morgan fingerprint density at radius 1 is 1.28 bits per heavy atom. The average molecular weight is 274 g/mol. The summed E-state index contributed by atoms with van der Waals surface area (Å²) < 4.78 is 18.8. The Balaban J connectivity index is 2.20. The minimum atomic E-state index is -0.492. The molecule has 0 aliphatic rings. The summed E-state index contributed by atoms with van der Waals surface area (Å²) in [6, 6.07) is 4.76. The number of benzene rings is 1. The number of rotatable bonds is 6. The molecule has 1 N–H and O–H groups in total. The second-order valence-corrected chi connectivity index (χ2v) is 5.87. The van der Waals surface area contributed by atoms with Gasteiger partial charge in [-0.05, 0) is 30.5 Å². The quantitative estimate of drug-likeness (QED) is 0.794. The molecule has 1 aromatic carbocycles. The average Bonchev–Trinajstić information content (AvgIpc) is 2.27. The van der Waals surface area contributed by atoms with Crippen LogP contribution in [0.3, 0.4) is 0 Å². The van der Waals surface area contributed by atoms with E-state index in [0.717, 1.165) is 13.0 Å². The first-order valence-corrected chi connectivity index (χ1v) is 6.55. The molecule has 0 atom stereocenters. The van der Waals surface area contributed by atoms with Gasteiger partial charge < -0.3 is 10.1 Å². The highest BCUT2D eigenvalue weighted by Crippen LogP contribution is 2.23. The summed E-state index contributed by atoms with van der Waals surface area (Å²) in [6.45, 7) is 8.67. The molecule has 1 rings (SSSR count). The van der Waals surface area contributed by atoms with E-state index in [1.165, 1.54) is 6.07 Å². The van der Waals surface area contributed by atoms with Crippen LogP contribution < -0.4 is 10.1 Å². The topological polar surface area (TPSA) is 21.3 Å². The van der Waals surface area contributed by atoms with Crippen molar-refractivity contribution in [3.63, 3.8) is 0 Å². The van der Waals surface area contributed by atoms with Crippen LogP contribution in [0.25, 0.3) is 0 Å². The predicted octanol–water partition coefficient (Wildman–Crippen LogP) is 3.88. The summed E-state index contributed by atoms with van der Waals surface area (Å²) in [6.07, 6.45) is 1.10. The predicted molar refractivity (Wildman–Crippen MR) is 73.8 cm³/mol. The summed E-state index contributed by atoms with van der Waals surface area (Å²) in [7, 11) is 0. The van der Waals surface area contributed by atoms with Crippen molar-refractivity contribution in [1.29, 1.82) is 0 Å². The van der Waals surface area contributed by atoms with E-state index in [-0.39, 0.29) is 10.8 Å². The maximum atomic E-state index is 13.5. The largest absolute Gasteiger partial charge is 0.489 e. The Bertz CT molecular complexity index is 377. The Labute approximate surface area is 113 Å². The minimum absolute atomic E-state index is 0.0909. The fourth-order valence-corrected chi connectivity index (χ4v) is 1.58. The molecule has 0 fully saturated rings. The standard InChI is InChI=1S/C14H21ClFNO/c1-14(2,3)7-8-17-9-10-18-12-6-4-5-11(15)13(12)16/h4-6,17H,7-10H2,1-3H3. The maximum absolute atomic E-state index is 13.5.